The second-order valence-electron chi connectivity index (χ2n) is 32.9. The molecular formula is C89H174O17P2. The number of aliphatic hydroxyl groups excluding tert-OH is 1. The number of rotatable bonds is 87. The van der Waals surface area contributed by atoms with E-state index in [0.717, 1.165) is 108 Å². The van der Waals surface area contributed by atoms with Crippen LogP contribution in [0.3, 0.4) is 0 Å². The van der Waals surface area contributed by atoms with Crippen molar-refractivity contribution in [2.24, 2.45) is 17.8 Å². The van der Waals surface area contributed by atoms with Crippen LogP contribution in [-0.4, -0.2) is 96.7 Å². The molecule has 17 nitrogen and oxygen atoms in total. The van der Waals surface area contributed by atoms with Crippen LogP contribution in [0.5, 0.6) is 0 Å². The lowest BCUT2D eigenvalue weighted by molar-refractivity contribution is -0.161. The van der Waals surface area contributed by atoms with Crippen molar-refractivity contribution in [1.82, 2.24) is 0 Å². The number of hydrogen-bond donors (Lipinski definition) is 3. The van der Waals surface area contributed by atoms with Gasteiger partial charge in [-0.2, -0.15) is 0 Å². The van der Waals surface area contributed by atoms with Gasteiger partial charge in [0.05, 0.1) is 26.4 Å². The second-order valence-corrected chi connectivity index (χ2v) is 35.9. The molecule has 0 saturated heterocycles. The molecule has 0 spiro atoms. The van der Waals surface area contributed by atoms with E-state index in [2.05, 4.69) is 48.5 Å². The first kappa shape index (κ1) is 106. The van der Waals surface area contributed by atoms with Gasteiger partial charge in [0.15, 0.2) is 12.2 Å². The quantitative estimate of drug-likeness (QED) is 0.0222. The molecule has 0 aliphatic carbocycles. The molecule has 0 amide bonds. The van der Waals surface area contributed by atoms with Gasteiger partial charge in [-0.25, -0.2) is 9.13 Å². The standard InChI is InChI=1S/C89H174O17P2/c1-8-11-12-13-14-15-32-42-49-56-63-70-86(91)99-76-85(106-89(94)73-66-59-52-45-38-37-39-46-53-60-67-80(4)5)79-104-108(97,98)102-75-83(90)74-101-107(95,96)103-78-84(105-88(93)72-65-58-51-44-36-31-27-23-19-17-21-25-29-34-41-48-55-62-69-82(7)10-3)77-100-87(92)71-64-57-50-43-35-30-26-22-18-16-20-24-28-33-40-47-54-61-68-81(6)9-2/h80-85,90H,8-79H2,1-7H3,(H,95,96)(H,97,98)/t81?,82?,83-,84-,85-/m1/s1. The largest absolute Gasteiger partial charge is 0.472 e. The van der Waals surface area contributed by atoms with Gasteiger partial charge in [0, 0.05) is 25.7 Å². The zero-order valence-electron chi connectivity index (χ0n) is 71.3. The summed E-state index contributed by atoms with van der Waals surface area (Å²) in [5.41, 5.74) is 0. The molecule has 0 fully saturated rings. The monoisotopic (exact) mass is 1580 g/mol. The number of ether oxygens (including phenoxy) is 4. The van der Waals surface area contributed by atoms with Crippen LogP contribution in [0.25, 0.3) is 0 Å². The smallest absolute Gasteiger partial charge is 0.462 e. The number of carbonyl (C=O) groups excluding carboxylic acids is 4. The van der Waals surface area contributed by atoms with Crippen LogP contribution in [0.15, 0.2) is 0 Å². The normalized spacial score (nSPS) is 14.3. The van der Waals surface area contributed by atoms with Crippen molar-refractivity contribution in [2.75, 3.05) is 39.6 Å². The zero-order chi connectivity index (χ0) is 79.3. The Morgan fingerprint density at radius 1 is 0.269 bits per heavy atom. The van der Waals surface area contributed by atoms with Gasteiger partial charge in [-0.05, 0) is 43.4 Å². The number of carbonyl (C=O) groups is 4. The third-order valence-electron chi connectivity index (χ3n) is 21.6. The first-order valence-corrected chi connectivity index (χ1v) is 48.9. The fourth-order valence-electron chi connectivity index (χ4n) is 13.8. The Labute approximate surface area is 664 Å². The molecule has 108 heavy (non-hydrogen) atoms. The highest BCUT2D eigenvalue weighted by Gasteiger charge is 2.31. The molecule has 0 bridgehead atoms. The van der Waals surface area contributed by atoms with Crippen molar-refractivity contribution in [3.05, 3.63) is 0 Å². The number of esters is 4. The predicted octanol–water partition coefficient (Wildman–Crippen LogP) is 27.3. The lowest BCUT2D eigenvalue weighted by atomic mass is 9.99. The summed E-state index contributed by atoms with van der Waals surface area (Å²) in [6, 6.07) is 0. The highest BCUT2D eigenvalue weighted by molar-refractivity contribution is 7.47. The summed E-state index contributed by atoms with van der Waals surface area (Å²) in [5.74, 6) is 0.395. The Morgan fingerprint density at radius 3 is 0.704 bits per heavy atom. The molecule has 0 radical (unpaired) electrons. The third-order valence-corrected chi connectivity index (χ3v) is 23.5. The van der Waals surface area contributed by atoms with E-state index in [1.807, 2.05) is 0 Å². The van der Waals surface area contributed by atoms with Gasteiger partial charge in [0.1, 0.15) is 19.3 Å². The van der Waals surface area contributed by atoms with Gasteiger partial charge in [-0.3, -0.25) is 37.3 Å². The molecule has 0 heterocycles. The van der Waals surface area contributed by atoms with E-state index in [1.54, 1.807) is 0 Å². The van der Waals surface area contributed by atoms with Crippen LogP contribution >= 0.6 is 15.6 Å². The topological polar surface area (TPSA) is 237 Å². The predicted molar refractivity (Wildman–Crippen MR) is 446 cm³/mol. The summed E-state index contributed by atoms with van der Waals surface area (Å²) in [5, 5.41) is 10.7. The van der Waals surface area contributed by atoms with Crippen molar-refractivity contribution < 1.29 is 80.2 Å². The lowest BCUT2D eigenvalue weighted by Crippen LogP contribution is -2.30. The lowest BCUT2D eigenvalue weighted by Gasteiger charge is -2.21. The van der Waals surface area contributed by atoms with Crippen LogP contribution in [-0.2, 0) is 65.4 Å². The SMILES string of the molecule is CCCCCCCCCCCCCC(=O)OC[C@H](COP(=O)(O)OC[C@H](O)COP(=O)(O)OC[C@@H](COC(=O)CCCCCCCCCCCCCCCCCCCCC(C)CC)OC(=O)CCCCCCCCCCCCCCCCCCCCC(C)CC)OC(=O)CCCCCCCCCCCCC(C)C. The van der Waals surface area contributed by atoms with E-state index in [9.17, 15) is 43.2 Å². The molecule has 0 rings (SSSR count). The fourth-order valence-corrected chi connectivity index (χ4v) is 15.4. The van der Waals surface area contributed by atoms with Gasteiger partial charge in [-0.15, -0.1) is 0 Å². The molecule has 4 unspecified atom stereocenters. The van der Waals surface area contributed by atoms with E-state index in [4.69, 9.17) is 37.0 Å². The molecule has 0 aromatic heterocycles. The number of phosphoric acid groups is 2. The average Bonchev–Trinajstić information content (AvgIpc) is 0.900. The molecule has 0 aliphatic heterocycles. The van der Waals surface area contributed by atoms with Crippen LogP contribution in [0.4, 0.5) is 0 Å². The first-order chi connectivity index (χ1) is 52.3. The summed E-state index contributed by atoms with van der Waals surface area (Å²) < 4.78 is 68.9. The molecule has 3 N–H and O–H groups in total. The highest BCUT2D eigenvalue weighted by Crippen LogP contribution is 2.45. The van der Waals surface area contributed by atoms with Crippen molar-refractivity contribution in [3.8, 4) is 0 Å². The van der Waals surface area contributed by atoms with Gasteiger partial charge >= 0.3 is 39.5 Å². The van der Waals surface area contributed by atoms with E-state index in [1.165, 1.54) is 283 Å². The van der Waals surface area contributed by atoms with E-state index in [-0.39, 0.29) is 25.7 Å². The van der Waals surface area contributed by atoms with Gasteiger partial charge in [0.2, 0.25) is 0 Å². The minimum atomic E-state index is -4.97. The number of hydrogen-bond acceptors (Lipinski definition) is 15. The van der Waals surface area contributed by atoms with Crippen LogP contribution < -0.4 is 0 Å². The molecular weight excluding hydrogens is 1400 g/mol. The summed E-state index contributed by atoms with van der Waals surface area (Å²) in [6.45, 7) is 12.1. The van der Waals surface area contributed by atoms with Crippen LogP contribution in [0, 0.1) is 17.8 Å². The second kappa shape index (κ2) is 78.9. The maximum Gasteiger partial charge on any atom is 0.472 e. The van der Waals surface area contributed by atoms with E-state index >= 15 is 0 Å². The number of unbranched alkanes of at least 4 members (excludes halogenated alkanes) is 53. The average molecular weight is 1580 g/mol. The highest BCUT2D eigenvalue weighted by atomic mass is 31.2. The zero-order valence-corrected chi connectivity index (χ0v) is 73.1. The van der Waals surface area contributed by atoms with Crippen LogP contribution in [0.2, 0.25) is 0 Å². The summed E-state index contributed by atoms with van der Waals surface area (Å²) in [6.07, 6.45) is 70.8. The van der Waals surface area contributed by atoms with Gasteiger partial charge < -0.3 is 33.8 Å². The molecule has 0 saturated carbocycles. The van der Waals surface area contributed by atoms with Crippen LogP contribution in [0.1, 0.15) is 472 Å². The van der Waals surface area contributed by atoms with Crippen molar-refractivity contribution in [3.63, 3.8) is 0 Å². The molecule has 642 valence electrons. The molecule has 19 heteroatoms. The maximum atomic E-state index is 13.2. The molecule has 7 atom stereocenters. The van der Waals surface area contributed by atoms with Crippen molar-refractivity contribution >= 4 is 39.5 Å². The minimum Gasteiger partial charge on any atom is -0.462 e. The first-order valence-electron chi connectivity index (χ1n) is 45.9. The maximum absolute atomic E-state index is 13.2. The minimum absolute atomic E-state index is 0.106. The molecule has 0 aromatic carbocycles. The Hall–Kier alpha value is -1.94. The Bertz CT molecular complexity index is 2080. The Kier molecular flexibility index (Phi) is 77.5. The van der Waals surface area contributed by atoms with Gasteiger partial charge in [-0.1, -0.05) is 421 Å². The fraction of sp³-hybridized carbons (Fsp3) is 0.955. The summed E-state index contributed by atoms with van der Waals surface area (Å²) in [4.78, 5) is 73.3. The van der Waals surface area contributed by atoms with E-state index in [0.29, 0.717) is 25.7 Å². The summed E-state index contributed by atoms with van der Waals surface area (Å²) >= 11 is 0. The third kappa shape index (κ3) is 79.3. The van der Waals surface area contributed by atoms with Crippen molar-refractivity contribution in [2.45, 2.75) is 491 Å². The van der Waals surface area contributed by atoms with E-state index < -0.39 is 97.5 Å². The Balaban J connectivity index is 5.21. The van der Waals surface area contributed by atoms with Gasteiger partial charge in [0.25, 0.3) is 0 Å². The van der Waals surface area contributed by atoms with Crippen molar-refractivity contribution in [1.29, 1.82) is 0 Å². The Morgan fingerprint density at radius 2 is 0.472 bits per heavy atom. The molecule has 0 aliphatic rings. The molecule has 0 aromatic rings. The summed E-state index contributed by atoms with van der Waals surface area (Å²) in [7, 11) is -9.93. The number of aliphatic hydroxyl groups is 1. The number of phosphoric ester groups is 2.